The van der Waals surface area contributed by atoms with E-state index in [4.69, 9.17) is 6.15 Å². The van der Waals surface area contributed by atoms with Gasteiger partial charge in [-0.15, -0.1) is 0 Å². The van der Waals surface area contributed by atoms with Crippen molar-refractivity contribution in [1.29, 1.82) is 0 Å². The van der Waals surface area contributed by atoms with E-state index in [0.717, 1.165) is 46.1 Å². The first-order valence-electron chi connectivity index (χ1n) is 19.6. The molecule has 0 radical (unpaired) electrons. The van der Waals surface area contributed by atoms with Gasteiger partial charge < -0.3 is 0 Å². The molecular weight excluding hydrogens is 703 g/mol. The van der Waals surface area contributed by atoms with Crippen LogP contribution >= 0.6 is 23.5 Å². The summed E-state index contributed by atoms with van der Waals surface area (Å²) in [5, 5.41) is 0. The fourth-order valence-corrected chi connectivity index (χ4v) is 17.2. The fourth-order valence-electron chi connectivity index (χ4n) is 5.81. The summed E-state index contributed by atoms with van der Waals surface area (Å²) in [7, 11) is 0. The Morgan fingerprint density at radius 2 is 0.667 bits per heavy atom. The Kier molecular flexibility index (Phi) is 36.1. The molecule has 0 aliphatic rings. The van der Waals surface area contributed by atoms with Crippen molar-refractivity contribution in [3.63, 3.8) is 0 Å². The zero-order chi connectivity index (χ0) is 33.1. The van der Waals surface area contributed by atoms with E-state index < -0.39 is 19.2 Å². The van der Waals surface area contributed by atoms with Gasteiger partial charge in [-0.3, -0.25) is 0 Å². The predicted molar refractivity (Wildman–Crippen MR) is 205 cm³/mol. The molecule has 0 aromatic heterocycles. The molecule has 0 aromatic rings. The van der Waals surface area contributed by atoms with Crippen LogP contribution < -0.4 is 0 Å². The van der Waals surface area contributed by atoms with Crippen LogP contribution in [-0.4, -0.2) is 54.2 Å². The average Bonchev–Trinajstić information content (AvgIpc) is 3.02. The molecule has 0 unspecified atom stereocenters. The van der Waals surface area contributed by atoms with Gasteiger partial charge in [-0.2, -0.15) is 0 Å². The standard InChI is InChI=1S/2C11H22O2S.2C8H17.Sn/c2*1-2-3-4-5-6-7-8-9-14-10-11(12)13;2*1-3-5-7-8-6-4-2;/h2*2-10H2,1H3,(H,12,13);2*1,3-8H2,2H3;/q;;;;+2/p-2. The SMILES string of the molecule is CCCCCCCCCSCC(=O)[O][Sn]([CH2]CCCCCCC)([CH2]CCCCCCC)[O]C(=O)CSCCCCCCCCC. The maximum atomic E-state index is 13.2. The number of carbonyl (C=O) groups is 2. The molecule has 0 aliphatic heterocycles. The van der Waals surface area contributed by atoms with Crippen LogP contribution in [-0.2, 0) is 15.7 Å². The third kappa shape index (κ3) is 31.5. The summed E-state index contributed by atoms with van der Waals surface area (Å²) in [6, 6.07) is 0. The average molecular weight is 780 g/mol. The molecule has 4 nitrogen and oxygen atoms in total. The van der Waals surface area contributed by atoms with E-state index in [1.54, 1.807) is 23.5 Å². The monoisotopic (exact) mass is 780 g/mol. The molecule has 0 rings (SSSR count). The van der Waals surface area contributed by atoms with Crippen LogP contribution in [0.2, 0.25) is 8.87 Å². The zero-order valence-corrected chi connectivity index (χ0v) is 35.1. The number of hydrogen-bond acceptors (Lipinski definition) is 6. The number of rotatable bonds is 36. The normalized spacial score (nSPS) is 11.6. The van der Waals surface area contributed by atoms with Crippen molar-refractivity contribution in [3.05, 3.63) is 0 Å². The number of thioether (sulfide) groups is 2. The summed E-state index contributed by atoms with van der Waals surface area (Å²) >= 11 is -0.515. The van der Waals surface area contributed by atoms with Crippen molar-refractivity contribution in [2.45, 2.75) is 204 Å². The van der Waals surface area contributed by atoms with Crippen LogP contribution in [0.5, 0.6) is 0 Å². The van der Waals surface area contributed by atoms with Gasteiger partial charge in [0.25, 0.3) is 0 Å². The number of hydrogen-bond donors (Lipinski definition) is 0. The predicted octanol–water partition coefficient (Wildman–Crippen LogP) is 13.2. The number of unbranched alkanes of at least 4 members (excludes halogenated alkanes) is 22. The van der Waals surface area contributed by atoms with Gasteiger partial charge >= 0.3 is 283 Å². The molecule has 0 bridgehead atoms. The summed E-state index contributed by atoms with van der Waals surface area (Å²) in [6.07, 6.45) is 32.4. The molecule has 0 aliphatic carbocycles. The van der Waals surface area contributed by atoms with Crippen LogP contribution in [0.4, 0.5) is 0 Å². The van der Waals surface area contributed by atoms with E-state index in [0.29, 0.717) is 11.5 Å². The molecule has 0 N–H and O–H groups in total. The molecular formula is C38H76O4S2Sn. The molecule has 0 saturated heterocycles. The molecule has 0 atom stereocenters. The molecule has 0 aromatic carbocycles. The molecule has 0 spiro atoms. The Balaban J connectivity index is 5.04. The quantitative estimate of drug-likeness (QED) is 0.0466. The molecule has 0 fully saturated rings. The van der Waals surface area contributed by atoms with E-state index in [1.807, 2.05) is 0 Å². The summed E-state index contributed by atoms with van der Waals surface area (Å²) < 4.78 is 14.5. The van der Waals surface area contributed by atoms with Crippen LogP contribution in [0.25, 0.3) is 0 Å². The van der Waals surface area contributed by atoms with Gasteiger partial charge in [0.05, 0.1) is 0 Å². The second-order valence-electron chi connectivity index (χ2n) is 13.2. The van der Waals surface area contributed by atoms with Gasteiger partial charge in [0.15, 0.2) is 0 Å². The molecule has 45 heavy (non-hydrogen) atoms. The smallest absolute Gasteiger partial charge is 0.0654 e. The van der Waals surface area contributed by atoms with Crippen LogP contribution in [0.15, 0.2) is 0 Å². The van der Waals surface area contributed by atoms with Gasteiger partial charge in [0.2, 0.25) is 0 Å². The Labute approximate surface area is 295 Å². The summed E-state index contributed by atoms with van der Waals surface area (Å²) in [6.45, 7) is 9.01. The molecule has 0 saturated carbocycles. The van der Waals surface area contributed by atoms with Gasteiger partial charge in [0.1, 0.15) is 0 Å². The van der Waals surface area contributed by atoms with E-state index in [9.17, 15) is 9.59 Å². The third-order valence-corrected chi connectivity index (χ3v) is 20.5. The van der Waals surface area contributed by atoms with Crippen molar-refractivity contribution in [1.82, 2.24) is 0 Å². The molecule has 0 amide bonds. The topological polar surface area (TPSA) is 52.6 Å². The Hall–Kier alpha value is 0.439. The minimum atomic E-state index is -3.93. The van der Waals surface area contributed by atoms with Gasteiger partial charge in [-0.1, -0.05) is 13.8 Å². The molecule has 0 heterocycles. The fraction of sp³-hybridized carbons (Fsp3) is 0.947. The first-order valence-corrected chi connectivity index (χ1v) is 28.3. The van der Waals surface area contributed by atoms with Crippen LogP contribution in [0, 0.1) is 0 Å². The number of carbonyl (C=O) groups excluding carboxylic acids is 2. The Morgan fingerprint density at radius 1 is 0.400 bits per heavy atom. The van der Waals surface area contributed by atoms with Crippen molar-refractivity contribution in [2.75, 3.05) is 23.0 Å². The third-order valence-electron chi connectivity index (χ3n) is 8.65. The minimum Gasteiger partial charge on any atom is -0.0654 e. The zero-order valence-electron chi connectivity index (χ0n) is 30.6. The van der Waals surface area contributed by atoms with Gasteiger partial charge in [-0.25, -0.2) is 0 Å². The Bertz CT molecular complexity index is 595. The van der Waals surface area contributed by atoms with Crippen molar-refractivity contribution in [2.24, 2.45) is 0 Å². The van der Waals surface area contributed by atoms with Crippen LogP contribution in [0.3, 0.4) is 0 Å². The first-order chi connectivity index (χ1) is 22.0. The summed E-state index contributed by atoms with van der Waals surface area (Å²) in [4.78, 5) is 26.5. The van der Waals surface area contributed by atoms with Crippen LogP contribution in [0.1, 0.15) is 195 Å². The first kappa shape index (κ1) is 45.4. The molecule has 7 heteroatoms. The second-order valence-corrected chi connectivity index (χ2v) is 24.7. The van der Waals surface area contributed by atoms with E-state index >= 15 is 0 Å². The Morgan fingerprint density at radius 3 is 0.978 bits per heavy atom. The van der Waals surface area contributed by atoms with E-state index in [1.165, 1.54) is 141 Å². The van der Waals surface area contributed by atoms with Crippen molar-refractivity contribution in [3.8, 4) is 0 Å². The maximum absolute atomic E-state index is 13.2. The second kappa shape index (κ2) is 35.7. The van der Waals surface area contributed by atoms with E-state index in [2.05, 4.69) is 27.7 Å². The van der Waals surface area contributed by atoms with Gasteiger partial charge in [0, 0.05) is 0 Å². The van der Waals surface area contributed by atoms with Crippen molar-refractivity contribution < 1.29 is 15.7 Å². The summed E-state index contributed by atoms with van der Waals surface area (Å²) in [5.41, 5.74) is 0. The molecule has 268 valence electrons. The van der Waals surface area contributed by atoms with Crippen molar-refractivity contribution >= 4 is 54.7 Å². The summed E-state index contributed by atoms with van der Waals surface area (Å²) in [5.74, 6) is 2.56. The minimum absolute atomic E-state index is 0.126. The van der Waals surface area contributed by atoms with E-state index in [-0.39, 0.29) is 11.9 Å². The van der Waals surface area contributed by atoms with Gasteiger partial charge in [-0.05, 0) is 0 Å².